The highest BCUT2D eigenvalue weighted by molar-refractivity contribution is 6.77. The molecule has 114 valence electrons. The van der Waals surface area contributed by atoms with Gasteiger partial charge >= 0.3 is 0 Å². The van der Waals surface area contributed by atoms with Crippen molar-refractivity contribution in [2.45, 2.75) is 64.8 Å². The Morgan fingerprint density at radius 3 is 1.85 bits per heavy atom. The lowest BCUT2D eigenvalue weighted by molar-refractivity contribution is 0.260. The van der Waals surface area contributed by atoms with Crippen LogP contribution in [-0.2, 0) is 11.0 Å². The summed E-state index contributed by atoms with van der Waals surface area (Å²) in [6.07, 6.45) is 0. The van der Waals surface area contributed by atoms with Crippen LogP contribution < -0.4 is 4.74 Å². The normalized spacial score (nSPS) is 12.5. The van der Waals surface area contributed by atoms with E-state index in [0.29, 0.717) is 23.2 Å². The van der Waals surface area contributed by atoms with E-state index in [-0.39, 0.29) is 0 Å². The second-order valence-corrected chi connectivity index (χ2v) is 11.9. The minimum absolute atomic E-state index is 0.609. The van der Waals surface area contributed by atoms with Gasteiger partial charge in [0.1, 0.15) is 5.75 Å². The molecule has 0 heterocycles. The fourth-order valence-corrected chi connectivity index (χ4v) is 8.93. The standard InChI is InChI=1S/C17H30O2Si/c1-13(2)20(14(3)4,15(5)6)19-12-16-10-8-9-11-17(16)18-7/h8-11,13-15H,12H2,1-7H3. The van der Waals surface area contributed by atoms with Gasteiger partial charge in [0.15, 0.2) is 0 Å². The molecule has 0 atom stereocenters. The molecule has 0 fully saturated rings. The lowest BCUT2D eigenvalue weighted by atomic mass is 10.2. The van der Waals surface area contributed by atoms with Crippen LogP contribution in [0.5, 0.6) is 5.75 Å². The molecule has 0 unspecified atom stereocenters. The summed E-state index contributed by atoms with van der Waals surface area (Å²) < 4.78 is 12.0. The van der Waals surface area contributed by atoms with Crippen LogP contribution in [0, 0.1) is 0 Å². The van der Waals surface area contributed by atoms with Crippen molar-refractivity contribution in [3.63, 3.8) is 0 Å². The summed E-state index contributed by atoms with van der Waals surface area (Å²) in [5.41, 5.74) is 2.97. The van der Waals surface area contributed by atoms with Gasteiger partial charge in [-0.2, -0.15) is 0 Å². The van der Waals surface area contributed by atoms with Crippen molar-refractivity contribution in [3.8, 4) is 5.75 Å². The van der Waals surface area contributed by atoms with Gasteiger partial charge in [0.2, 0.25) is 8.32 Å². The van der Waals surface area contributed by atoms with E-state index < -0.39 is 8.32 Å². The van der Waals surface area contributed by atoms with Crippen molar-refractivity contribution >= 4 is 8.32 Å². The summed E-state index contributed by atoms with van der Waals surface area (Å²) in [5.74, 6) is 0.923. The Labute approximate surface area is 125 Å². The lowest BCUT2D eigenvalue weighted by Gasteiger charge is -2.42. The molecule has 0 bridgehead atoms. The maximum absolute atomic E-state index is 6.60. The third-order valence-electron chi connectivity index (χ3n) is 4.38. The van der Waals surface area contributed by atoms with Gasteiger partial charge in [0.05, 0.1) is 13.7 Å². The first-order valence-electron chi connectivity index (χ1n) is 7.62. The average Bonchev–Trinajstić information content (AvgIpc) is 2.38. The molecule has 0 radical (unpaired) electrons. The molecular formula is C17H30O2Si. The number of ether oxygens (including phenoxy) is 1. The maximum atomic E-state index is 6.60. The van der Waals surface area contributed by atoms with E-state index in [2.05, 4.69) is 47.6 Å². The van der Waals surface area contributed by atoms with Gasteiger partial charge in [0.25, 0.3) is 0 Å². The van der Waals surface area contributed by atoms with E-state index in [0.717, 1.165) is 11.3 Å². The quantitative estimate of drug-likeness (QED) is 0.628. The van der Waals surface area contributed by atoms with Crippen LogP contribution in [0.25, 0.3) is 0 Å². The van der Waals surface area contributed by atoms with Crippen LogP contribution in [0.4, 0.5) is 0 Å². The molecule has 0 aromatic heterocycles. The highest BCUT2D eigenvalue weighted by atomic mass is 28.4. The number of rotatable bonds is 7. The van der Waals surface area contributed by atoms with E-state index in [1.165, 1.54) is 0 Å². The van der Waals surface area contributed by atoms with Crippen LogP contribution in [0.15, 0.2) is 24.3 Å². The van der Waals surface area contributed by atoms with Crippen molar-refractivity contribution in [3.05, 3.63) is 29.8 Å². The first-order chi connectivity index (χ1) is 9.36. The Morgan fingerprint density at radius 1 is 0.900 bits per heavy atom. The van der Waals surface area contributed by atoms with Crippen LogP contribution in [0.2, 0.25) is 16.6 Å². The second-order valence-electron chi connectivity index (χ2n) is 6.42. The molecule has 2 nitrogen and oxygen atoms in total. The minimum Gasteiger partial charge on any atom is -0.496 e. The first-order valence-corrected chi connectivity index (χ1v) is 9.76. The predicted octanol–water partition coefficient (Wildman–Crippen LogP) is 5.39. The van der Waals surface area contributed by atoms with Gasteiger partial charge in [-0.25, -0.2) is 0 Å². The topological polar surface area (TPSA) is 18.5 Å². The second kappa shape index (κ2) is 7.28. The molecule has 0 N–H and O–H groups in total. The molecule has 0 amide bonds. The van der Waals surface area contributed by atoms with E-state index in [4.69, 9.17) is 9.16 Å². The molecule has 20 heavy (non-hydrogen) atoms. The maximum Gasteiger partial charge on any atom is 0.200 e. The molecule has 3 heteroatoms. The highest BCUT2D eigenvalue weighted by Gasteiger charge is 2.45. The van der Waals surface area contributed by atoms with Crippen molar-refractivity contribution in [1.29, 1.82) is 0 Å². The van der Waals surface area contributed by atoms with Gasteiger partial charge in [0, 0.05) is 5.56 Å². The zero-order chi connectivity index (χ0) is 15.3. The Hall–Kier alpha value is -0.803. The fraction of sp³-hybridized carbons (Fsp3) is 0.647. The highest BCUT2D eigenvalue weighted by Crippen LogP contribution is 2.43. The zero-order valence-electron chi connectivity index (χ0n) is 14.1. The molecule has 0 saturated carbocycles. The summed E-state index contributed by atoms with van der Waals surface area (Å²) in [6, 6.07) is 8.14. The van der Waals surface area contributed by atoms with Gasteiger partial charge in [-0.15, -0.1) is 0 Å². The van der Waals surface area contributed by atoms with E-state index in [1.54, 1.807) is 7.11 Å². The van der Waals surface area contributed by atoms with E-state index in [1.807, 2.05) is 18.2 Å². The van der Waals surface area contributed by atoms with Crippen LogP contribution in [-0.4, -0.2) is 15.4 Å². The van der Waals surface area contributed by atoms with E-state index >= 15 is 0 Å². The van der Waals surface area contributed by atoms with Crippen molar-refractivity contribution < 1.29 is 9.16 Å². The summed E-state index contributed by atoms with van der Waals surface area (Å²) >= 11 is 0. The summed E-state index contributed by atoms with van der Waals surface area (Å²) in [5, 5.41) is 0. The monoisotopic (exact) mass is 294 g/mol. The largest absolute Gasteiger partial charge is 0.496 e. The third kappa shape index (κ3) is 3.44. The summed E-state index contributed by atoms with van der Waals surface area (Å²) in [6.45, 7) is 14.5. The number of benzene rings is 1. The zero-order valence-corrected chi connectivity index (χ0v) is 15.1. The average molecular weight is 295 g/mol. The molecule has 0 aliphatic rings. The number of hydrogen-bond acceptors (Lipinski definition) is 2. The predicted molar refractivity (Wildman–Crippen MR) is 88.8 cm³/mol. The van der Waals surface area contributed by atoms with Gasteiger partial charge in [-0.05, 0) is 22.7 Å². The van der Waals surface area contributed by atoms with Gasteiger partial charge in [-0.3, -0.25) is 0 Å². The van der Waals surface area contributed by atoms with Crippen LogP contribution >= 0.6 is 0 Å². The summed E-state index contributed by atoms with van der Waals surface area (Å²) in [4.78, 5) is 0. The lowest BCUT2D eigenvalue weighted by Crippen LogP contribution is -2.47. The van der Waals surface area contributed by atoms with Gasteiger partial charge in [-0.1, -0.05) is 59.7 Å². The molecule has 0 aliphatic heterocycles. The number of hydrogen-bond donors (Lipinski definition) is 0. The SMILES string of the molecule is COc1ccccc1CO[Si](C(C)C)(C(C)C)C(C)C. The molecule has 1 rings (SSSR count). The summed E-state index contributed by atoms with van der Waals surface area (Å²) in [7, 11) is -0.0825. The van der Waals surface area contributed by atoms with E-state index in [9.17, 15) is 0 Å². The Balaban J connectivity index is 2.97. The molecule has 1 aromatic rings. The van der Waals surface area contributed by atoms with Crippen LogP contribution in [0.1, 0.15) is 47.1 Å². The number of para-hydroxylation sites is 1. The van der Waals surface area contributed by atoms with Crippen molar-refractivity contribution in [1.82, 2.24) is 0 Å². The molecule has 0 saturated heterocycles. The first kappa shape index (κ1) is 17.2. The minimum atomic E-state index is -1.80. The van der Waals surface area contributed by atoms with Crippen molar-refractivity contribution in [2.24, 2.45) is 0 Å². The fourth-order valence-electron chi connectivity index (χ4n) is 3.52. The van der Waals surface area contributed by atoms with Crippen molar-refractivity contribution in [2.75, 3.05) is 7.11 Å². The van der Waals surface area contributed by atoms with Crippen LogP contribution in [0.3, 0.4) is 0 Å². The van der Waals surface area contributed by atoms with Gasteiger partial charge < -0.3 is 9.16 Å². The molecule has 1 aromatic carbocycles. The number of methoxy groups -OCH3 is 1. The Kier molecular flexibility index (Phi) is 6.27. The Bertz CT molecular complexity index is 391. The molecule has 0 aliphatic carbocycles. The molecular weight excluding hydrogens is 264 g/mol. The Morgan fingerprint density at radius 2 is 1.40 bits per heavy atom. The smallest absolute Gasteiger partial charge is 0.200 e. The third-order valence-corrected chi connectivity index (χ3v) is 10.4. The molecule has 0 spiro atoms.